The number of rotatable bonds is 2. The minimum absolute atomic E-state index is 0.985. The second-order valence-electron chi connectivity index (χ2n) is 4.58. The van der Waals surface area contributed by atoms with Gasteiger partial charge in [0.25, 0.3) is 0 Å². The van der Waals surface area contributed by atoms with E-state index in [-0.39, 0.29) is 0 Å². The predicted octanol–water partition coefficient (Wildman–Crippen LogP) is 3.08. The lowest BCUT2D eigenvalue weighted by Gasteiger charge is -2.14. The molecule has 0 radical (unpaired) electrons. The molecule has 0 atom stereocenters. The van der Waals surface area contributed by atoms with Crippen molar-refractivity contribution in [2.45, 2.75) is 26.7 Å². The van der Waals surface area contributed by atoms with Crippen molar-refractivity contribution >= 4 is 5.57 Å². The first kappa shape index (κ1) is 12.2. The maximum atomic E-state index is 5.36. The lowest BCUT2D eigenvalue weighted by molar-refractivity contribution is 0.411. The highest BCUT2D eigenvalue weighted by atomic mass is 16.5. The van der Waals surface area contributed by atoms with Crippen LogP contribution in [0.3, 0.4) is 0 Å². The van der Waals surface area contributed by atoms with Gasteiger partial charge < -0.3 is 10.1 Å². The summed E-state index contributed by atoms with van der Waals surface area (Å²) < 4.78 is 5.36. The summed E-state index contributed by atoms with van der Waals surface area (Å²) in [5.74, 6) is 0.985. The minimum Gasteiger partial charge on any atom is -0.496 e. The maximum Gasteiger partial charge on any atom is 0.122 e. The highest BCUT2D eigenvalue weighted by Crippen LogP contribution is 2.30. The fourth-order valence-corrected chi connectivity index (χ4v) is 2.41. The Kier molecular flexibility index (Phi) is 3.85. The standard InChI is InChI=1S/C15H21NO/c1-11-12(2)15(17-3)7-6-14(11)13-5-4-9-16-10-8-13/h5-7,16H,4,8-10H2,1-3H3. The monoisotopic (exact) mass is 231 g/mol. The van der Waals surface area contributed by atoms with Gasteiger partial charge in [-0.15, -0.1) is 0 Å². The number of nitrogens with one attached hydrogen (secondary N) is 1. The van der Waals surface area contributed by atoms with Crippen LogP contribution in [0.4, 0.5) is 0 Å². The molecule has 0 fully saturated rings. The fourth-order valence-electron chi connectivity index (χ4n) is 2.41. The van der Waals surface area contributed by atoms with Crippen LogP contribution < -0.4 is 10.1 Å². The van der Waals surface area contributed by atoms with Crippen molar-refractivity contribution in [1.82, 2.24) is 5.32 Å². The van der Waals surface area contributed by atoms with E-state index in [4.69, 9.17) is 4.74 Å². The number of benzene rings is 1. The molecule has 2 rings (SSSR count). The van der Waals surface area contributed by atoms with Gasteiger partial charge in [-0.2, -0.15) is 0 Å². The molecule has 1 aliphatic rings. The van der Waals surface area contributed by atoms with Crippen molar-refractivity contribution in [2.75, 3.05) is 20.2 Å². The molecule has 1 heterocycles. The van der Waals surface area contributed by atoms with E-state index in [9.17, 15) is 0 Å². The second-order valence-corrected chi connectivity index (χ2v) is 4.58. The van der Waals surface area contributed by atoms with Crippen LogP contribution in [0, 0.1) is 13.8 Å². The largest absolute Gasteiger partial charge is 0.496 e. The van der Waals surface area contributed by atoms with Gasteiger partial charge in [0.1, 0.15) is 5.75 Å². The summed E-state index contributed by atoms with van der Waals surface area (Å²) >= 11 is 0. The molecule has 92 valence electrons. The Hall–Kier alpha value is -1.28. The van der Waals surface area contributed by atoms with Crippen molar-refractivity contribution < 1.29 is 4.74 Å². The topological polar surface area (TPSA) is 21.3 Å². The van der Waals surface area contributed by atoms with Crippen molar-refractivity contribution in [3.8, 4) is 5.75 Å². The third-order valence-corrected chi connectivity index (χ3v) is 3.59. The summed E-state index contributed by atoms with van der Waals surface area (Å²) in [7, 11) is 1.73. The van der Waals surface area contributed by atoms with E-state index in [1.807, 2.05) is 0 Å². The molecule has 1 aromatic carbocycles. The van der Waals surface area contributed by atoms with E-state index in [1.54, 1.807) is 7.11 Å². The van der Waals surface area contributed by atoms with Gasteiger partial charge in [-0.05, 0) is 68.1 Å². The molecule has 1 N–H and O–H groups in total. The van der Waals surface area contributed by atoms with Gasteiger partial charge in [-0.1, -0.05) is 12.1 Å². The summed E-state index contributed by atoms with van der Waals surface area (Å²) in [6.07, 6.45) is 4.61. The van der Waals surface area contributed by atoms with Crippen LogP contribution in [-0.2, 0) is 0 Å². The van der Waals surface area contributed by atoms with E-state index < -0.39 is 0 Å². The van der Waals surface area contributed by atoms with Gasteiger partial charge in [0.15, 0.2) is 0 Å². The van der Waals surface area contributed by atoms with Gasteiger partial charge in [0.2, 0.25) is 0 Å². The highest BCUT2D eigenvalue weighted by molar-refractivity contribution is 5.70. The molecule has 0 saturated carbocycles. The molecular weight excluding hydrogens is 210 g/mol. The van der Waals surface area contributed by atoms with Crippen molar-refractivity contribution in [2.24, 2.45) is 0 Å². The Balaban J connectivity index is 2.38. The Morgan fingerprint density at radius 3 is 2.71 bits per heavy atom. The molecule has 0 spiro atoms. The Bertz CT molecular complexity index is 435. The van der Waals surface area contributed by atoms with Crippen molar-refractivity contribution in [3.05, 3.63) is 34.9 Å². The normalized spacial score (nSPS) is 16.3. The van der Waals surface area contributed by atoms with Gasteiger partial charge in [-0.3, -0.25) is 0 Å². The highest BCUT2D eigenvalue weighted by Gasteiger charge is 2.11. The van der Waals surface area contributed by atoms with Gasteiger partial charge in [-0.25, -0.2) is 0 Å². The van der Waals surface area contributed by atoms with E-state index >= 15 is 0 Å². The van der Waals surface area contributed by atoms with E-state index in [2.05, 4.69) is 37.4 Å². The fraction of sp³-hybridized carbons (Fsp3) is 0.467. The molecule has 0 aromatic heterocycles. The zero-order valence-electron chi connectivity index (χ0n) is 11.0. The van der Waals surface area contributed by atoms with E-state index in [0.717, 1.165) is 31.7 Å². The zero-order valence-corrected chi connectivity index (χ0v) is 11.0. The summed E-state index contributed by atoms with van der Waals surface area (Å²) in [5, 5.41) is 3.43. The summed E-state index contributed by atoms with van der Waals surface area (Å²) in [6.45, 7) is 6.49. The molecule has 1 aliphatic heterocycles. The average Bonchev–Trinajstić information content (AvgIpc) is 2.61. The molecule has 0 amide bonds. The van der Waals surface area contributed by atoms with Crippen LogP contribution in [0.2, 0.25) is 0 Å². The summed E-state index contributed by atoms with van der Waals surface area (Å²) in [4.78, 5) is 0. The van der Waals surface area contributed by atoms with Crippen LogP contribution in [0.5, 0.6) is 5.75 Å². The molecule has 0 aliphatic carbocycles. The van der Waals surface area contributed by atoms with Gasteiger partial charge >= 0.3 is 0 Å². The Morgan fingerprint density at radius 1 is 1.12 bits per heavy atom. The third kappa shape index (κ3) is 2.52. The first-order valence-electron chi connectivity index (χ1n) is 6.28. The summed E-state index contributed by atoms with van der Waals surface area (Å²) in [6, 6.07) is 4.27. The zero-order chi connectivity index (χ0) is 12.3. The molecule has 17 heavy (non-hydrogen) atoms. The van der Waals surface area contributed by atoms with Crippen LogP contribution in [0.1, 0.15) is 29.5 Å². The first-order valence-corrected chi connectivity index (χ1v) is 6.28. The molecule has 0 unspecified atom stereocenters. The van der Waals surface area contributed by atoms with Crippen LogP contribution in [-0.4, -0.2) is 20.2 Å². The molecule has 1 aromatic rings. The van der Waals surface area contributed by atoms with Crippen molar-refractivity contribution in [1.29, 1.82) is 0 Å². The predicted molar refractivity (Wildman–Crippen MR) is 72.5 cm³/mol. The SMILES string of the molecule is COc1ccc(C2=CCCNCC2)c(C)c1C. The Labute approximate surface area is 104 Å². The number of ether oxygens (including phenoxy) is 1. The number of methoxy groups -OCH3 is 1. The lowest BCUT2D eigenvalue weighted by Crippen LogP contribution is -2.13. The van der Waals surface area contributed by atoms with Crippen LogP contribution >= 0.6 is 0 Å². The molecule has 0 saturated heterocycles. The molecule has 0 bridgehead atoms. The average molecular weight is 231 g/mol. The number of hydrogen-bond acceptors (Lipinski definition) is 2. The second kappa shape index (κ2) is 5.37. The third-order valence-electron chi connectivity index (χ3n) is 3.59. The van der Waals surface area contributed by atoms with Crippen molar-refractivity contribution in [3.63, 3.8) is 0 Å². The van der Waals surface area contributed by atoms with E-state index in [0.29, 0.717) is 0 Å². The van der Waals surface area contributed by atoms with Crippen LogP contribution in [0.15, 0.2) is 18.2 Å². The molecule has 2 heteroatoms. The van der Waals surface area contributed by atoms with Crippen LogP contribution in [0.25, 0.3) is 5.57 Å². The van der Waals surface area contributed by atoms with E-state index in [1.165, 1.54) is 22.3 Å². The smallest absolute Gasteiger partial charge is 0.122 e. The summed E-state index contributed by atoms with van der Waals surface area (Å²) in [5.41, 5.74) is 5.45. The minimum atomic E-state index is 0.985. The molecule has 2 nitrogen and oxygen atoms in total. The first-order chi connectivity index (χ1) is 8.24. The van der Waals surface area contributed by atoms with Gasteiger partial charge in [0.05, 0.1) is 7.11 Å². The quantitative estimate of drug-likeness (QED) is 0.844. The van der Waals surface area contributed by atoms with Gasteiger partial charge in [0, 0.05) is 0 Å². The molecular formula is C15H21NO. The number of hydrogen-bond donors (Lipinski definition) is 1. The lowest BCUT2D eigenvalue weighted by atomic mass is 9.94. The maximum absolute atomic E-state index is 5.36. The Morgan fingerprint density at radius 2 is 1.94 bits per heavy atom.